The summed E-state index contributed by atoms with van der Waals surface area (Å²) in [4.78, 5) is 0. The molecule has 1 saturated heterocycles. The quantitative estimate of drug-likeness (QED) is 0.731. The first kappa shape index (κ1) is 10.7. The minimum Gasteiger partial charge on any atom is -0.381 e. The molecule has 1 aromatic rings. The lowest BCUT2D eigenvalue weighted by Crippen LogP contribution is -2.21. The maximum absolute atomic E-state index is 5.43. The van der Waals surface area contributed by atoms with Gasteiger partial charge in [0, 0.05) is 13.2 Å². The molecule has 1 aliphatic rings. The first-order valence-corrected chi connectivity index (χ1v) is 6.04. The Labute approximate surface area is 92.5 Å². The topological polar surface area (TPSA) is 9.23 Å². The van der Waals surface area contributed by atoms with Crippen LogP contribution in [0, 0.1) is 5.92 Å². The number of hydrogen-bond acceptors (Lipinski definition) is 1. The molecule has 1 heterocycles. The Bertz CT molecular complexity index is 275. The van der Waals surface area contributed by atoms with Gasteiger partial charge in [-0.05, 0) is 36.7 Å². The third kappa shape index (κ3) is 2.60. The molecule has 1 unspecified atom stereocenters. The molecule has 0 aromatic heterocycles. The number of hydrogen-bond donors (Lipinski definition) is 0. The average molecular weight is 204 g/mol. The Morgan fingerprint density at radius 1 is 1.20 bits per heavy atom. The van der Waals surface area contributed by atoms with Gasteiger partial charge in [-0.2, -0.15) is 0 Å². The van der Waals surface area contributed by atoms with Gasteiger partial charge in [0.15, 0.2) is 0 Å². The van der Waals surface area contributed by atoms with Crippen LogP contribution in [-0.2, 0) is 4.74 Å². The Balaban J connectivity index is 2.09. The molecule has 0 bridgehead atoms. The predicted molar refractivity (Wildman–Crippen MR) is 63.0 cm³/mol. The highest BCUT2D eigenvalue weighted by Crippen LogP contribution is 2.34. The van der Waals surface area contributed by atoms with Crippen LogP contribution in [0.25, 0.3) is 0 Å². The molecular weight excluding hydrogens is 184 g/mol. The molecule has 15 heavy (non-hydrogen) atoms. The lowest BCUT2D eigenvalue weighted by Gasteiger charge is -2.30. The third-order valence-corrected chi connectivity index (χ3v) is 3.50. The van der Waals surface area contributed by atoms with Gasteiger partial charge < -0.3 is 4.74 Å². The van der Waals surface area contributed by atoms with Crippen LogP contribution in [0.1, 0.15) is 37.7 Å². The molecule has 1 atom stereocenters. The molecule has 82 valence electrons. The largest absolute Gasteiger partial charge is 0.381 e. The molecule has 0 saturated carbocycles. The van der Waals surface area contributed by atoms with Crippen molar-refractivity contribution in [2.45, 2.75) is 32.1 Å². The van der Waals surface area contributed by atoms with Crippen LogP contribution in [0.4, 0.5) is 0 Å². The minimum absolute atomic E-state index is 0.732. The van der Waals surface area contributed by atoms with Crippen molar-refractivity contribution in [3.8, 4) is 0 Å². The van der Waals surface area contributed by atoms with E-state index >= 15 is 0 Å². The van der Waals surface area contributed by atoms with Gasteiger partial charge in [-0.25, -0.2) is 0 Å². The summed E-state index contributed by atoms with van der Waals surface area (Å²) < 4.78 is 5.43. The zero-order chi connectivity index (χ0) is 10.5. The van der Waals surface area contributed by atoms with E-state index in [1.54, 1.807) is 0 Å². The van der Waals surface area contributed by atoms with Gasteiger partial charge in [-0.1, -0.05) is 37.3 Å². The second-order valence-corrected chi connectivity index (χ2v) is 4.38. The first-order valence-electron chi connectivity index (χ1n) is 6.04. The molecule has 1 aromatic carbocycles. The SMILES string of the molecule is CCC(c1ccccc1)C1CCOCC1. The van der Waals surface area contributed by atoms with Crippen molar-refractivity contribution in [2.24, 2.45) is 5.92 Å². The second kappa shape index (κ2) is 5.32. The van der Waals surface area contributed by atoms with Crippen LogP contribution in [0.15, 0.2) is 30.3 Å². The fourth-order valence-electron chi connectivity index (χ4n) is 2.66. The van der Waals surface area contributed by atoms with E-state index in [-0.39, 0.29) is 0 Å². The molecule has 1 nitrogen and oxygen atoms in total. The standard InChI is InChI=1S/C14H20O/c1-2-14(12-6-4-3-5-7-12)13-8-10-15-11-9-13/h3-7,13-14H,2,8-11H2,1H3. The van der Waals surface area contributed by atoms with Gasteiger partial charge in [0.1, 0.15) is 0 Å². The van der Waals surface area contributed by atoms with Crippen molar-refractivity contribution in [3.63, 3.8) is 0 Å². The maximum Gasteiger partial charge on any atom is 0.0468 e. The maximum atomic E-state index is 5.43. The normalized spacial score (nSPS) is 20.1. The van der Waals surface area contributed by atoms with Gasteiger partial charge in [0.05, 0.1) is 0 Å². The Morgan fingerprint density at radius 2 is 1.87 bits per heavy atom. The Kier molecular flexibility index (Phi) is 3.79. The summed E-state index contributed by atoms with van der Waals surface area (Å²) in [5.74, 6) is 1.56. The van der Waals surface area contributed by atoms with E-state index < -0.39 is 0 Å². The average Bonchev–Trinajstić information content (AvgIpc) is 2.33. The van der Waals surface area contributed by atoms with Crippen molar-refractivity contribution >= 4 is 0 Å². The molecule has 1 aliphatic heterocycles. The fourth-order valence-corrected chi connectivity index (χ4v) is 2.66. The summed E-state index contributed by atoms with van der Waals surface area (Å²) >= 11 is 0. The lowest BCUT2D eigenvalue weighted by atomic mass is 9.80. The van der Waals surface area contributed by atoms with Crippen LogP contribution in [0.2, 0.25) is 0 Å². The van der Waals surface area contributed by atoms with Crippen molar-refractivity contribution in [2.75, 3.05) is 13.2 Å². The molecule has 1 fully saturated rings. The minimum atomic E-state index is 0.732. The van der Waals surface area contributed by atoms with E-state index in [1.807, 2.05) is 0 Å². The summed E-state index contributed by atoms with van der Waals surface area (Å²) in [6.45, 7) is 4.20. The van der Waals surface area contributed by atoms with Gasteiger partial charge >= 0.3 is 0 Å². The Hall–Kier alpha value is -0.820. The summed E-state index contributed by atoms with van der Waals surface area (Å²) in [5, 5.41) is 0. The lowest BCUT2D eigenvalue weighted by molar-refractivity contribution is 0.0573. The summed E-state index contributed by atoms with van der Waals surface area (Å²) in [7, 11) is 0. The summed E-state index contributed by atoms with van der Waals surface area (Å²) in [6.07, 6.45) is 3.70. The summed E-state index contributed by atoms with van der Waals surface area (Å²) in [6, 6.07) is 10.9. The zero-order valence-electron chi connectivity index (χ0n) is 9.49. The predicted octanol–water partition coefficient (Wildman–Crippen LogP) is 3.61. The van der Waals surface area contributed by atoms with E-state index in [0.29, 0.717) is 0 Å². The molecule has 0 aliphatic carbocycles. The molecule has 0 spiro atoms. The third-order valence-electron chi connectivity index (χ3n) is 3.50. The second-order valence-electron chi connectivity index (χ2n) is 4.38. The highest BCUT2D eigenvalue weighted by atomic mass is 16.5. The number of rotatable bonds is 3. The van der Waals surface area contributed by atoms with Crippen molar-refractivity contribution in [3.05, 3.63) is 35.9 Å². The van der Waals surface area contributed by atoms with Crippen molar-refractivity contribution in [1.82, 2.24) is 0 Å². The zero-order valence-corrected chi connectivity index (χ0v) is 9.49. The first-order chi connectivity index (χ1) is 7.42. The van der Waals surface area contributed by atoms with E-state index in [9.17, 15) is 0 Å². The molecule has 0 amide bonds. The fraction of sp³-hybridized carbons (Fsp3) is 0.571. The molecule has 1 heteroatoms. The molecule has 0 radical (unpaired) electrons. The van der Waals surface area contributed by atoms with Crippen molar-refractivity contribution in [1.29, 1.82) is 0 Å². The van der Waals surface area contributed by atoms with Gasteiger partial charge in [0.2, 0.25) is 0 Å². The highest BCUT2D eigenvalue weighted by Gasteiger charge is 2.23. The van der Waals surface area contributed by atoms with E-state index in [2.05, 4.69) is 37.3 Å². The van der Waals surface area contributed by atoms with E-state index in [4.69, 9.17) is 4.74 Å². The highest BCUT2D eigenvalue weighted by molar-refractivity contribution is 5.20. The smallest absolute Gasteiger partial charge is 0.0468 e. The van der Waals surface area contributed by atoms with Gasteiger partial charge in [0.25, 0.3) is 0 Å². The van der Waals surface area contributed by atoms with Crippen LogP contribution in [0.5, 0.6) is 0 Å². The monoisotopic (exact) mass is 204 g/mol. The van der Waals surface area contributed by atoms with Crippen LogP contribution in [-0.4, -0.2) is 13.2 Å². The molecule has 2 rings (SSSR count). The van der Waals surface area contributed by atoms with Crippen LogP contribution < -0.4 is 0 Å². The van der Waals surface area contributed by atoms with Gasteiger partial charge in [-0.3, -0.25) is 0 Å². The molecule has 0 N–H and O–H groups in total. The number of benzene rings is 1. The van der Waals surface area contributed by atoms with Gasteiger partial charge in [-0.15, -0.1) is 0 Å². The van der Waals surface area contributed by atoms with E-state index in [0.717, 1.165) is 25.0 Å². The van der Waals surface area contributed by atoms with Crippen molar-refractivity contribution < 1.29 is 4.74 Å². The van der Waals surface area contributed by atoms with E-state index in [1.165, 1.54) is 24.8 Å². The van der Waals surface area contributed by atoms with Crippen LogP contribution >= 0.6 is 0 Å². The number of ether oxygens (including phenoxy) is 1. The van der Waals surface area contributed by atoms with Crippen LogP contribution in [0.3, 0.4) is 0 Å². The Morgan fingerprint density at radius 3 is 2.47 bits per heavy atom. The summed E-state index contributed by atoms with van der Waals surface area (Å²) in [5.41, 5.74) is 1.51. The molecular formula is C14H20O.